The zero-order valence-corrected chi connectivity index (χ0v) is 15.1. The second-order valence-corrected chi connectivity index (χ2v) is 6.46. The molecule has 3 rings (SSSR count). The third kappa shape index (κ3) is 4.49. The van der Waals surface area contributed by atoms with E-state index in [1.54, 1.807) is 6.92 Å². The van der Waals surface area contributed by atoms with Gasteiger partial charge in [-0.3, -0.25) is 4.79 Å². The van der Waals surface area contributed by atoms with E-state index in [1.165, 1.54) is 17.0 Å². The summed E-state index contributed by atoms with van der Waals surface area (Å²) in [6.45, 7) is 1.71. The van der Waals surface area contributed by atoms with Gasteiger partial charge in [-0.15, -0.1) is 0 Å². The van der Waals surface area contributed by atoms with E-state index < -0.39 is 29.4 Å². The summed E-state index contributed by atoms with van der Waals surface area (Å²) in [5, 5.41) is 3.84. The van der Waals surface area contributed by atoms with Crippen LogP contribution in [0.25, 0.3) is 0 Å². The molecule has 1 heterocycles. The van der Waals surface area contributed by atoms with E-state index in [-0.39, 0.29) is 43.0 Å². The van der Waals surface area contributed by atoms with Gasteiger partial charge in [0.15, 0.2) is 6.10 Å². The predicted molar refractivity (Wildman–Crippen MR) is 94.5 cm³/mol. The van der Waals surface area contributed by atoms with Crippen LogP contribution < -0.4 is 0 Å². The highest BCUT2D eigenvalue weighted by Gasteiger charge is 2.28. The fourth-order valence-corrected chi connectivity index (χ4v) is 2.99. The van der Waals surface area contributed by atoms with Crippen LogP contribution in [0.4, 0.5) is 17.6 Å². The Labute approximate surface area is 159 Å². The van der Waals surface area contributed by atoms with Crippen molar-refractivity contribution in [3.05, 3.63) is 70.8 Å². The second kappa shape index (κ2) is 8.41. The van der Waals surface area contributed by atoms with Crippen molar-refractivity contribution in [2.75, 3.05) is 6.54 Å². The van der Waals surface area contributed by atoms with Gasteiger partial charge in [0, 0.05) is 42.6 Å². The summed E-state index contributed by atoms with van der Waals surface area (Å²) in [5.41, 5.74) is 0.605. The molecule has 1 amide bonds. The normalized spacial score (nSPS) is 15.9. The first-order chi connectivity index (χ1) is 13.4. The number of hydrogen-bond acceptors (Lipinski definition) is 3. The lowest BCUT2D eigenvalue weighted by molar-refractivity contribution is -0.133. The number of halogens is 4. The number of oxime groups is 1. The van der Waals surface area contributed by atoms with E-state index >= 15 is 0 Å². The minimum Gasteiger partial charge on any atom is -0.390 e. The highest BCUT2D eigenvalue weighted by atomic mass is 19.1. The SMILES string of the molecule is CCC(=O)N(Cc1ccc(F)cc1F)C[C@H]1CC(c2ccc(F)cc2F)=NO1. The first-order valence-corrected chi connectivity index (χ1v) is 8.77. The van der Waals surface area contributed by atoms with E-state index in [9.17, 15) is 22.4 Å². The molecule has 0 fully saturated rings. The fraction of sp³-hybridized carbons (Fsp3) is 0.300. The molecule has 0 aliphatic carbocycles. The number of rotatable bonds is 6. The lowest BCUT2D eigenvalue weighted by Crippen LogP contribution is -2.37. The smallest absolute Gasteiger partial charge is 0.222 e. The molecular formula is C20H18F4N2O2. The zero-order valence-electron chi connectivity index (χ0n) is 15.1. The summed E-state index contributed by atoms with van der Waals surface area (Å²) in [6.07, 6.45) is -0.156. The Bertz CT molecular complexity index is 917. The number of nitrogens with zero attached hydrogens (tertiary/aromatic N) is 2. The van der Waals surface area contributed by atoms with Crippen LogP contribution >= 0.6 is 0 Å². The van der Waals surface area contributed by atoms with Crippen molar-refractivity contribution in [1.29, 1.82) is 0 Å². The highest BCUT2D eigenvalue weighted by molar-refractivity contribution is 6.01. The molecule has 1 aliphatic rings. The minimum atomic E-state index is -0.752. The molecule has 1 atom stereocenters. The Kier molecular flexibility index (Phi) is 5.96. The highest BCUT2D eigenvalue weighted by Crippen LogP contribution is 2.22. The average molecular weight is 394 g/mol. The number of carbonyl (C=O) groups excluding carboxylic acids is 1. The molecule has 0 unspecified atom stereocenters. The van der Waals surface area contributed by atoms with Gasteiger partial charge in [-0.2, -0.15) is 0 Å². The van der Waals surface area contributed by atoms with Gasteiger partial charge in [-0.25, -0.2) is 17.6 Å². The van der Waals surface area contributed by atoms with E-state index in [2.05, 4.69) is 5.16 Å². The van der Waals surface area contributed by atoms with E-state index in [0.29, 0.717) is 5.71 Å². The summed E-state index contributed by atoms with van der Waals surface area (Å²) in [7, 11) is 0. The number of carbonyl (C=O) groups is 1. The fourth-order valence-electron chi connectivity index (χ4n) is 2.99. The van der Waals surface area contributed by atoms with Crippen LogP contribution in [0.1, 0.15) is 30.9 Å². The Morgan fingerprint density at radius 3 is 2.43 bits per heavy atom. The average Bonchev–Trinajstić information content (AvgIpc) is 3.10. The van der Waals surface area contributed by atoms with Gasteiger partial charge in [-0.1, -0.05) is 18.1 Å². The molecule has 0 spiro atoms. The molecule has 1 aliphatic heterocycles. The molecule has 4 nitrogen and oxygen atoms in total. The predicted octanol–water partition coefficient (Wildman–Crippen LogP) is 4.17. The molecule has 0 aromatic heterocycles. The van der Waals surface area contributed by atoms with Gasteiger partial charge in [0.25, 0.3) is 0 Å². The maximum absolute atomic E-state index is 13.9. The third-order valence-corrected chi connectivity index (χ3v) is 4.43. The first kappa shape index (κ1) is 19.9. The van der Waals surface area contributed by atoms with Crippen molar-refractivity contribution in [3.8, 4) is 0 Å². The summed E-state index contributed by atoms with van der Waals surface area (Å²) >= 11 is 0. The molecule has 0 saturated heterocycles. The maximum Gasteiger partial charge on any atom is 0.222 e. The first-order valence-electron chi connectivity index (χ1n) is 8.77. The van der Waals surface area contributed by atoms with E-state index in [1.807, 2.05) is 0 Å². The van der Waals surface area contributed by atoms with Crippen LogP contribution in [-0.2, 0) is 16.2 Å². The molecule has 28 heavy (non-hydrogen) atoms. The van der Waals surface area contributed by atoms with Crippen LogP contribution in [-0.4, -0.2) is 29.2 Å². The van der Waals surface area contributed by atoms with Crippen LogP contribution in [0.5, 0.6) is 0 Å². The summed E-state index contributed by atoms with van der Waals surface area (Å²) < 4.78 is 54.0. The molecule has 0 radical (unpaired) electrons. The summed E-state index contributed by atoms with van der Waals surface area (Å²) in [5.74, 6) is -3.13. The summed E-state index contributed by atoms with van der Waals surface area (Å²) in [6, 6.07) is 6.32. The van der Waals surface area contributed by atoms with E-state index in [0.717, 1.165) is 24.3 Å². The number of benzene rings is 2. The number of amides is 1. The molecule has 8 heteroatoms. The van der Waals surface area contributed by atoms with Crippen molar-refractivity contribution in [2.45, 2.75) is 32.4 Å². The van der Waals surface area contributed by atoms with Crippen LogP contribution in [0.15, 0.2) is 41.6 Å². The van der Waals surface area contributed by atoms with Gasteiger partial charge in [0.2, 0.25) is 5.91 Å². The molecule has 2 aromatic carbocycles. The van der Waals surface area contributed by atoms with Gasteiger partial charge in [0.05, 0.1) is 12.3 Å². The van der Waals surface area contributed by atoms with Crippen molar-refractivity contribution in [2.24, 2.45) is 5.16 Å². The Morgan fingerprint density at radius 2 is 1.79 bits per heavy atom. The van der Waals surface area contributed by atoms with Gasteiger partial charge in [0.1, 0.15) is 23.3 Å². The Morgan fingerprint density at radius 1 is 1.11 bits per heavy atom. The van der Waals surface area contributed by atoms with Gasteiger partial charge < -0.3 is 9.74 Å². The van der Waals surface area contributed by atoms with Gasteiger partial charge >= 0.3 is 0 Å². The largest absolute Gasteiger partial charge is 0.390 e. The Balaban J connectivity index is 1.70. The lowest BCUT2D eigenvalue weighted by atomic mass is 10.0. The van der Waals surface area contributed by atoms with Crippen LogP contribution in [0.2, 0.25) is 0 Å². The van der Waals surface area contributed by atoms with Crippen molar-refractivity contribution in [1.82, 2.24) is 4.90 Å². The van der Waals surface area contributed by atoms with E-state index in [4.69, 9.17) is 4.84 Å². The summed E-state index contributed by atoms with van der Waals surface area (Å²) in [4.78, 5) is 18.9. The quantitative estimate of drug-likeness (QED) is 0.690. The zero-order chi connectivity index (χ0) is 20.3. The van der Waals surface area contributed by atoms with Crippen molar-refractivity contribution < 1.29 is 27.2 Å². The molecule has 0 N–H and O–H groups in total. The molecule has 2 aromatic rings. The monoisotopic (exact) mass is 394 g/mol. The lowest BCUT2D eigenvalue weighted by Gasteiger charge is -2.24. The molecule has 0 bridgehead atoms. The van der Waals surface area contributed by atoms with Crippen molar-refractivity contribution in [3.63, 3.8) is 0 Å². The van der Waals surface area contributed by atoms with Crippen molar-refractivity contribution >= 4 is 11.6 Å². The topological polar surface area (TPSA) is 41.9 Å². The number of hydrogen-bond donors (Lipinski definition) is 0. The molecule has 148 valence electrons. The maximum atomic E-state index is 13.9. The molecule has 0 saturated carbocycles. The van der Waals surface area contributed by atoms with Gasteiger partial charge in [-0.05, 0) is 18.2 Å². The van der Waals surface area contributed by atoms with Crippen LogP contribution in [0.3, 0.4) is 0 Å². The standard InChI is InChI=1S/C20H18F4N2O2/c1-2-20(27)26(10-12-3-4-13(21)7-17(12)23)11-15-9-19(25-28-15)16-6-5-14(22)8-18(16)24/h3-8,15H,2,9-11H2,1H3/t15-/m1/s1. The van der Waals surface area contributed by atoms with Crippen LogP contribution in [0, 0.1) is 23.3 Å². The second-order valence-electron chi connectivity index (χ2n) is 6.46. The minimum absolute atomic E-state index is 0.0567. The molecular weight excluding hydrogens is 376 g/mol. The third-order valence-electron chi connectivity index (χ3n) is 4.43. The Hall–Kier alpha value is -2.90.